The fraction of sp³-hybridized carbons (Fsp3) is 0.462. The average Bonchev–Trinajstić information content (AvgIpc) is 2.43. The Morgan fingerprint density at radius 2 is 2.16 bits per heavy atom. The van der Waals surface area contributed by atoms with E-state index in [0.717, 1.165) is 13.1 Å². The number of hydrogen-bond acceptors (Lipinski definition) is 3. The number of ether oxygens (including phenoxy) is 1. The van der Waals surface area contributed by atoms with Gasteiger partial charge in [0.05, 0.1) is 4.47 Å². The molecule has 1 amide bonds. The standard InChI is InChI=1S/C13H16BrFN2O2/c1-19-13(4-6-16-7-5-13)12(18)17-9-2-3-11(15)10(14)8-9/h2-3,8,16H,4-7H2,1H3,(H,17,18). The molecule has 1 aromatic rings. The molecule has 0 bridgehead atoms. The molecule has 2 rings (SSSR count). The summed E-state index contributed by atoms with van der Waals surface area (Å²) in [6.45, 7) is 1.49. The van der Waals surface area contributed by atoms with Gasteiger partial charge in [0.15, 0.2) is 0 Å². The predicted octanol–water partition coefficient (Wildman–Crippen LogP) is 2.30. The number of halogens is 2. The maximum absolute atomic E-state index is 13.1. The molecule has 104 valence electrons. The molecule has 6 heteroatoms. The predicted molar refractivity (Wildman–Crippen MR) is 74.6 cm³/mol. The number of methoxy groups -OCH3 is 1. The normalized spacial score (nSPS) is 18.1. The second-order valence-electron chi connectivity index (χ2n) is 4.53. The second-order valence-corrected chi connectivity index (χ2v) is 5.39. The zero-order valence-corrected chi connectivity index (χ0v) is 12.2. The van der Waals surface area contributed by atoms with Crippen molar-refractivity contribution in [1.29, 1.82) is 0 Å². The largest absolute Gasteiger partial charge is 0.368 e. The minimum atomic E-state index is -0.799. The molecule has 1 saturated heterocycles. The molecule has 2 N–H and O–H groups in total. The molecule has 0 aromatic heterocycles. The summed E-state index contributed by atoms with van der Waals surface area (Å²) in [5.41, 5.74) is -0.250. The van der Waals surface area contributed by atoms with Gasteiger partial charge in [0.1, 0.15) is 11.4 Å². The van der Waals surface area contributed by atoms with Crippen LogP contribution in [0.25, 0.3) is 0 Å². The van der Waals surface area contributed by atoms with Crippen molar-refractivity contribution in [2.75, 3.05) is 25.5 Å². The fourth-order valence-electron chi connectivity index (χ4n) is 2.17. The summed E-state index contributed by atoms with van der Waals surface area (Å²) in [4.78, 5) is 12.3. The second kappa shape index (κ2) is 5.98. The van der Waals surface area contributed by atoms with Gasteiger partial charge in [0, 0.05) is 12.8 Å². The summed E-state index contributed by atoms with van der Waals surface area (Å²) >= 11 is 3.09. The summed E-state index contributed by atoms with van der Waals surface area (Å²) in [6, 6.07) is 4.38. The highest BCUT2D eigenvalue weighted by atomic mass is 79.9. The molecule has 1 aliphatic rings. The molecule has 1 heterocycles. The van der Waals surface area contributed by atoms with Crippen molar-refractivity contribution < 1.29 is 13.9 Å². The first-order chi connectivity index (χ1) is 9.07. The Morgan fingerprint density at radius 1 is 1.47 bits per heavy atom. The number of piperidine rings is 1. The van der Waals surface area contributed by atoms with Crippen molar-refractivity contribution in [3.63, 3.8) is 0 Å². The number of carbonyl (C=O) groups excluding carboxylic acids is 1. The highest BCUT2D eigenvalue weighted by molar-refractivity contribution is 9.10. The summed E-state index contributed by atoms with van der Waals surface area (Å²) in [6.07, 6.45) is 1.25. The van der Waals surface area contributed by atoms with Crippen LogP contribution in [0.4, 0.5) is 10.1 Å². The van der Waals surface area contributed by atoms with Gasteiger partial charge in [-0.3, -0.25) is 4.79 Å². The Morgan fingerprint density at radius 3 is 2.74 bits per heavy atom. The minimum Gasteiger partial charge on any atom is -0.368 e. The van der Waals surface area contributed by atoms with E-state index in [2.05, 4.69) is 26.6 Å². The van der Waals surface area contributed by atoms with E-state index in [9.17, 15) is 9.18 Å². The monoisotopic (exact) mass is 330 g/mol. The quantitative estimate of drug-likeness (QED) is 0.894. The molecule has 19 heavy (non-hydrogen) atoms. The van der Waals surface area contributed by atoms with Crippen LogP contribution >= 0.6 is 15.9 Å². The zero-order valence-electron chi connectivity index (χ0n) is 10.6. The van der Waals surface area contributed by atoms with Crippen LogP contribution in [0.2, 0.25) is 0 Å². The van der Waals surface area contributed by atoms with E-state index in [4.69, 9.17) is 4.74 Å². The van der Waals surface area contributed by atoms with E-state index in [1.165, 1.54) is 18.2 Å². The van der Waals surface area contributed by atoms with Gasteiger partial charge in [-0.2, -0.15) is 0 Å². The maximum atomic E-state index is 13.1. The third-order valence-electron chi connectivity index (χ3n) is 3.39. The Kier molecular flexibility index (Phi) is 4.54. The first kappa shape index (κ1) is 14.4. The Hall–Kier alpha value is -0.980. The SMILES string of the molecule is COC1(C(=O)Nc2ccc(F)c(Br)c2)CCNCC1. The lowest BCUT2D eigenvalue weighted by molar-refractivity contribution is -0.140. The fourth-order valence-corrected chi connectivity index (χ4v) is 2.55. The van der Waals surface area contributed by atoms with Crippen LogP contribution in [0.5, 0.6) is 0 Å². The molecule has 0 radical (unpaired) electrons. The number of hydrogen-bond donors (Lipinski definition) is 2. The first-order valence-electron chi connectivity index (χ1n) is 6.10. The van der Waals surface area contributed by atoms with Crippen LogP contribution in [0, 0.1) is 5.82 Å². The molecule has 1 fully saturated rings. The molecule has 1 aromatic carbocycles. The molecule has 4 nitrogen and oxygen atoms in total. The van der Waals surface area contributed by atoms with Gasteiger partial charge in [0.2, 0.25) is 0 Å². The van der Waals surface area contributed by atoms with E-state index >= 15 is 0 Å². The van der Waals surface area contributed by atoms with Crippen LogP contribution in [-0.2, 0) is 9.53 Å². The van der Waals surface area contributed by atoms with E-state index in [-0.39, 0.29) is 11.7 Å². The van der Waals surface area contributed by atoms with Gasteiger partial charge < -0.3 is 15.4 Å². The van der Waals surface area contributed by atoms with E-state index < -0.39 is 5.60 Å². The summed E-state index contributed by atoms with van der Waals surface area (Å²) in [7, 11) is 1.55. The molecular formula is C13H16BrFN2O2. The van der Waals surface area contributed by atoms with Crippen LogP contribution in [0.1, 0.15) is 12.8 Å². The van der Waals surface area contributed by atoms with Crippen molar-refractivity contribution in [2.24, 2.45) is 0 Å². The molecule has 0 atom stereocenters. The number of anilines is 1. The van der Waals surface area contributed by atoms with Crippen LogP contribution in [0.15, 0.2) is 22.7 Å². The van der Waals surface area contributed by atoms with E-state index in [0.29, 0.717) is 23.0 Å². The van der Waals surface area contributed by atoms with Crippen molar-refractivity contribution in [3.05, 3.63) is 28.5 Å². The van der Waals surface area contributed by atoms with Gasteiger partial charge in [-0.1, -0.05) is 0 Å². The Bertz CT molecular complexity index is 476. The zero-order chi connectivity index (χ0) is 13.9. The van der Waals surface area contributed by atoms with Crippen LogP contribution < -0.4 is 10.6 Å². The highest BCUT2D eigenvalue weighted by Gasteiger charge is 2.39. The summed E-state index contributed by atoms with van der Waals surface area (Å²) < 4.78 is 18.9. The molecular weight excluding hydrogens is 315 g/mol. The number of rotatable bonds is 3. The van der Waals surface area contributed by atoms with E-state index in [1.54, 1.807) is 7.11 Å². The van der Waals surface area contributed by atoms with Crippen LogP contribution in [-0.4, -0.2) is 31.7 Å². The third kappa shape index (κ3) is 3.13. The van der Waals surface area contributed by atoms with Gasteiger partial charge in [-0.25, -0.2) is 4.39 Å². The highest BCUT2D eigenvalue weighted by Crippen LogP contribution is 2.26. The smallest absolute Gasteiger partial charge is 0.256 e. The topological polar surface area (TPSA) is 50.4 Å². The number of amides is 1. The number of benzene rings is 1. The maximum Gasteiger partial charge on any atom is 0.256 e. The van der Waals surface area contributed by atoms with Crippen LogP contribution in [0.3, 0.4) is 0 Å². The third-order valence-corrected chi connectivity index (χ3v) is 4.00. The average molecular weight is 331 g/mol. The number of nitrogens with one attached hydrogen (secondary N) is 2. The van der Waals surface area contributed by atoms with Gasteiger partial charge in [0.25, 0.3) is 5.91 Å². The van der Waals surface area contributed by atoms with Crippen molar-refractivity contribution in [1.82, 2.24) is 5.32 Å². The Labute approximate surface area is 119 Å². The van der Waals surface area contributed by atoms with Crippen molar-refractivity contribution in [3.8, 4) is 0 Å². The summed E-state index contributed by atoms with van der Waals surface area (Å²) in [5, 5.41) is 5.98. The Balaban J connectivity index is 2.12. The van der Waals surface area contributed by atoms with Gasteiger partial charge >= 0.3 is 0 Å². The van der Waals surface area contributed by atoms with Gasteiger partial charge in [-0.05, 0) is 60.1 Å². The molecule has 0 spiro atoms. The molecule has 0 saturated carbocycles. The lowest BCUT2D eigenvalue weighted by Gasteiger charge is -2.34. The van der Waals surface area contributed by atoms with Crippen molar-refractivity contribution in [2.45, 2.75) is 18.4 Å². The molecule has 1 aliphatic heterocycles. The first-order valence-corrected chi connectivity index (χ1v) is 6.89. The molecule has 0 unspecified atom stereocenters. The summed E-state index contributed by atoms with van der Waals surface area (Å²) in [5.74, 6) is -0.545. The lowest BCUT2D eigenvalue weighted by Crippen LogP contribution is -2.51. The van der Waals surface area contributed by atoms with Crippen molar-refractivity contribution >= 4 is 27.5 Å². The molecule has 0 aliphatic carbocycles. The minimum absolute atomic E-state index is 0.185. The lowest BCUT2D eigenvalue weighted by atomic mass is 9.91. The van der Waals surface area contributed by atoms with Gasteiger partial charge in [-0.15, -0.1) is 0 Å². The van der Waals surface area contributed by atoms with E-state index in [1.807, 2.05) is 0 Å². The number of carbonyl (C=O) groups is 1.